The van der Waals surface area contributed by atoms with Gasteiger partial charge in [0.2, 0.25) is 6.10 Å². The average Bonchev–Trinajstić information content (AvgIpc) is 2.54. The molecule has 0 spiro atoms. The van der Waals surface area contributed by atoms with Crippen LogP contribution in [0.3, 0.4) is 0 Å². The molecule has 1 aliphatic rings. The van der Waals surface area contributed by atoms with E-state index in [4.69, 9.17) is 21.4 Å². The Morgan fingerprint density at radius 2 is 1.92 bits per heavy atom. The van der Waals surface area contributed by atoms with Crippen molar-refractivity contribution in [2.45, 2.75) is 28.5 Å². The van der Waals surface area contributed by atoms with E-state index in [0.29, 0.717) is 15.5 Å². The van der Waals surface area contributed by atoms with Gasteiger partial charge in [-0.3, -0.25) is 4.79 Å². The van der Waals surface area contributed by atoms with E-state index in [2.05, 4.69) is 0 Å². The lowest BCUT2D eigenvalue weighted by Crippen LogP contribution is -2.47. The van der Waals surface area contributed by atoms with E-state index >= 15 is 0 Å². The van der Waals surface area contributed by atoms with Crippen LogP contribution in [0.4, 0.5) is 13.2 Å². The monoisotopic (exact) mass is 388 g/mol. The molecule has 0 fully saturated rings. The number of rotatable bonds is 3. The van der Waals surface area contributed by atoms with Gasteiger partial charge >= 0.3 is 12.1 Å². The number of carboxylic acid groups (broad SMARTS) is 1. The molecule has 3 nitrogen and oxygen atoms in total. The van der Waals surface area contributed by atoms with Gasteiger partial charge < -0.3 is 9.84 Å². The summed E-state index contributed by atoms with van der Waals surface area (Å²) in [6.07, 6.45) is -7.44. The Hall–Kier alpha value is -1.86. The highest BCUT2D eigenvalue weighted by Crippen LogP contribution is 2.43. The van der Waals surface area contributed by atoms with E-state index in [1.165, 1.54) is 23.9 Å². The van der Waals surface area contributed by atoms with Crippen molar-refractivity contribution < 1.29 is 27.8 Å². The van der Waals surface area contributed by atoms with Crippen molar-refractivity contribution in [2.75, 3.05) is 0 Å². The number of hydrogen-bond donors (Lipinski definition) is 1. The summed E-state index contributed by atoms with van der Waals surface area (Å²) in [6.45, 7) is 0. The topological polar surface area (TPSA) is 46.5 Å². The van der Waals surface area contributed by atoms with Crippen LogP contribution in [0.5, 0.6) is 5.75 Å². The van der Waals surface area contributed by atoms with Crippen LogP contribution in [-0.4, -0.2) is 23.4 Å². The highest BCUT2D eigenvalue weighted by molar-refractivity contribution is 7.99. The van der Waals surface area contributed by atoms with Gasteiger partial charge in [0, 0.05) is 9.79 Å². The Bertz CT molecular complexity index is 796. The van der Waals surface area contributed by atoms with Crippen molar-refractivity contribution in [1.29, 1.82) is 0 Å². The van der Waals surface area contributed by atoms with Crippen molar-refractivity contribution in [3.8, 4) is 5.75 Å². The number of fused-ring (bicyclic) bond motifs is 1. The van der Waals surface area contributed by atoms with E-state index in [9.17, 15) is 18.0 Å². The Labute approximate surface area is 150 Å². The molecule has 3 rings (SSSR count). The summed E-state index contributed by atoms with van der Waals surface area (Å²) in [7, 11) is 0. The van der Waals surface area contributed by atoms with Crippen molar-refractivity contribution >= 4 is 29.3 Å². The molecule has 132 valence electrons. The summed E-state index contributed by atoms with van der Waals surface area (Å²) >= 11 is 7.51. The predicted octanol–water partition coefficient (Wildman–Crippen LogP) is 5.06. The summed E-state index contributed by atoms with van der Waals surface area (Å²) < 4.78 is 44.5. The first-order valence-electron chi connectivity index (χ1n) is 7.27. The lowest BCUT2D eigenvalue weighted by molar-refractivity contribution is -0.217. The molecule has 2 aromatic rings. The number of benzene rings is 2. The highest BCUT2D eigenvalue weighted by atomic mass is 35.5. The Kier molecular flexibility index (Phi) is 4.88. The number of aliphatic carboxylic acids is 1. The van der Waals surface area contributed by atoms with Gasteiger partial charge in [-0.2, -0.15) is 13.2 Å². The molecule has 0 radical (unpaired) electrons. The first-order valence-corrected chi connectivity index (χ1v) is 8.46. The minimum Gasteiger partial charge on any atom is -0.481 e. The number of carboxylic acids is 1. The molecule has 1 heterocycles. The summed E-state index contributed by atoms with van der Waals surface area (Å²) in [6, 6.07) is 12.1. The highest BCUT2D eigenvalue weighted by Gasteiger charge is 2.52. The molecule has 2 unspecified atom stereocenters. The number of ether oxygens (including phenoxy) is 1. The van der Waals surface area contributed by atoms with E-state index in [1.54, 1.807) is 0 Å². The van der Waals surface area contributed by atoms with E-state index in [1.807, 2.05) is 30.3 Å². The minimum absolute atomic E-state index is 0.0163. The first-order chi connectivity index (χ1) is 11.8. The first kappa shape index (κ1) is 17.9. The molecule has 2 atom stereocenters. The summed E-state index contributed by atoms with van der Waals surface area (Å²) in [5.41, 5.74) is 0.357. The van der Waals surface area contributed by atoms with Crippen LogP contribution in [0.15, 0.2) is 52.3 Å². The summed E-state index contributed by atoms with van der Waals surface area (Å²) in [4.78, 5) is 12.6. The van der Waals surface area contributed by atoms with Crippen LogP contribution in [0.2, 0.25) is 5.02 Å². The lowest BCUT2D eigenvalue weighted by atomic mass is 9.90. The van der Waals surface area contributed by atoms with Crippen molar-refractivity contribution in [1.82, 2.24) is 0 Å². The maximum absolute atomic E-state index is 13.2. The van der Waals surface area contributed by atoms with Crippen LogP contribution >= 0.6 is 23.4 Å². The zero-order chi connectivity index (χ0) is 18.2. The second-order valence-corrected chi connectivity index (χ2v) is 7.06. The quantitative estimate of drug-likeness (QED) is 0.798. The van der Waals surface area contributed by atoms with Gasteiger partial charge in [0.1, 0.15) is 11.7 Å². The molecule has 0 amide bonds. The third kappa shape index (κ3) is 3.88. The molecule has 2 aromatic carbocycles. The maximum atomic E-state index is 13.2. The molecule has 1 aliphatic heterocycles. The van der Waals surface area contributed by atoms with Gasteiger partial charge in [-0.25, -0.2) is 0 Å². The molecule has 25 heavy (non-hydrogen) atoms. The van der Waals surface area contributed by atoms with E-state index in [0.717, 1.165) is 4.90 Å². The maximum Gasteiger partial charge on any atom is 0.426 e. The Morgan fingerprint density at radius 1 is 1.24 bits per heavy atom. The fourth-order valence-corrected chi connectivity index (χ4v) is 3.79. The molecular weight excluding hydrogens is 377 g/mol. The van der Waals surface area contributed by atoms with Gasteiger partial charge in [0.05, 0.1) is 5.02 Å². The van der Waals surface area contributed by atoms with Crippen molar-refractivity contribution in [3.63, 3.8) is 0 Å². The van der Waals surface area contributed by atoms with E-state index < -0.39 is 24.2 Å². The molecule has 0 saturated carbocycles. The Morgan fingerprint density at radius 3 is 2.52 bits per heavy atom. The van der Waals surface area contributed by atoms with Crippen LogP contribution in [0.1, 0.15) is 5.56 Å². The predicted molar refractivity (Wildman–Crippen MR) is 87.3 cm³/mol. The fraction of sp³-hybridized carbons (Fsp3) is 0.235. The zero-order valence-corrected chi connectivity index (χ0v) is 14.2. The largest absolute Gasteiger partial charge is 0.481 e. The van der Waals surface area contributed by atoms with Crippen LogP contribution in [0.25, 0.3) is 0 Å². The molecule has 1 N–H and O–H groups in total. The fourth-order valence-electron chi connectivity index (χ4n) is 2.61. The van der Waals surface area contributed by atoms with Gasteiger partial charge in [-0.15, -0.1) is 0 Å². The number of alkyl halides is 3. The number of halogens is 4. The molecule has 0 aromatic heterocycles. The second kappa shape index (κ2) is 6.80. The summed E-state index contributed by atoms with van der Waals surface area (Å²) in [5.74, 6) is -3.23. The van der Waals surface area contributed by atoms with Crippen LogP contribution in [-0.2, 0) is 11.2 Å². The van der Waals surface area contributed by atoms with Crippen molar-refractivity contribution in [3.05, 3.63) is 53.1 Å². The van der Waals surface area contributed by atoms with E-state index in [-0.39, 0.29) is 12.2 Å². The SMILES string of the molecule is O=C(O)C1Cc2cc(Cl)c(Sc3ccccc3)cc2OC1C(F)(F)F. The molecular formula is C17H12ClF3O3S. The minimum atomic E-state index is -4.77. The number of carbonyl (C=O) groups is 1. The van der Waals surface area contributed by atoms with Gasteiger partial charge in [-0.05, 0) is 36.2 Å². The second-order valence-electron chi connectivity index (χ2n) is 5.53. The molecule has 8 heteroatoms. The third-order valence-electron chi connectivity index (χ3n) is 3.79. The van der Waals surface area contributed by atoms with Crippen LogP contribution < -0.4 is 4.74 Å². The smallest absolute Gasteiger partial charge is 0.426 e. The molecule has 0 saturated heterocycles. The standard InChI is InChI=1S/C17H12ClF3O3S/c18-12-7-9-6-11(16(22)23)15(17(19,20)21)24-13(9)8-14(12)25-10-4-2-1-3-5-10/h1-5,7-8,11,15H,6H2,(H,22,23). The summed E-state index contributed by atoms with van der Waals surface area (Å²) in [5, 5.41) is 9.44. The lowest BCUT2D eigenvalue weighted by Gasteiger charge is -2.32. The average molecular weight is 389 g/mol. The van der Waals surface area contributed by atoms with Gasteiger partial charge in [0.25, 0.3) is 0 Å². The van der Waals surface area contributed by atoms with Crippen LogP contribution in [0, 0.1) is 5.92 Å². The molecule has 0 aliphatic carbocycles. The molecule has 0 bridgehead atoms. The normalized spacial score (nSPS) is 19.8. The third-order valence-corrected chi connectivity index (χ3v) is 5.28. The van der Waals surface area contributed by atoms with Gasteiger partial charge in [0.15, 0.2) is 0 Å². The van der Waals surface area contributed by atoms with Gasteiger partial charge in [-0.1, -0.05) is 41.6 Å². The number of hydrogen-bond acceptors (Lipinski definition) is 3. The zero-order valence-electron chi connectivity index (χ0n) is 12.6. The Balaban J connectivity index is 1.96. The van der Waals surface area contributed by atoms with Crippen molar-refractivity contribution in [2.24, 2.45) is 5.92 Å².